The van der Waals surface area contributed by atoms with E-state index in [1.54, 1.807) is 12.1 Å². The highest BCUT2D eigenvalue weighted by Crippen LogP contribution is 2.41. The summed E-state index contributed by atoms with van der Waals surface area (Å²) in [6, 6.07) is 13.8. The molecule has 0 spiro atoms. The summed E-state index contributed by atoms with van der Waals surface area (Å²) in [5.74, 6) is 0.482. The average Bonchev–Trinajstić information content (AvgIpc) is 3.82. The number of rotatable bonds is 8. The Morgan fingerprint density at radius 2 is 1.68 bits per heavy atom. The van der Waals surface area contributed by atoms with Gasteiger partial charge >= 0.3 is 6.18 Å². The molecule has 37 heavy (non-hydrogen) atoms. The fourth-order valence-corrected chi connectivity index (χ4v) is 6.49. The van der Waals surface area contributed by atoms with Crippen molar-refractivity contribution in [3.63, 3.8) is 0 Å². The van der Waals surface area contributed by atoms with Crippen molar-refractivity contribution < 1.29 is 18.0 Å². The summed E-state index contributed by atoms with van der Waals surface area (Å²) in [6.07, 6.45) is 3.38. The van der Waals surface area contributed by atoms with Crippen molar-refractivity contribution in [3.05, 3.63) is 70.9 Å². The number of piperidine rings is 1. The molecule has 1 N–H and O–H groups in total. The molecule has 0 unspecified atom stereocenters. The minimum atomic E-state index is -4.33. The Balaban J connectivity index is 1.12. The number of aromatic nitrogens is 1. The number of alkyl halides is 3. The lowest BCUT2D eigenvalue weighted by Crippen LogP contribution is -2.36. The average molecular weight is 528 g/mol. The Kier molecular flexibility index (Phi) is 6.74. The first-order chi connectivity index (χ1) is 17.8. The number of hydrogen-bond acceptors (Lipinski definition) is 3. The third-order valence-corrected chi connectivity index (χ3v) is 9.14. The first-order valence-corrected chi connectivity index (χ1v) is 14.2. The second kappa shape index (κ2) is 10.0. The van der Waals surface area contributed by atoms with Crippen LogP contribution in [0, 0.1) is 5.92 Å². The van der Waals surface area contributed by atoms with Crippen molar-refractivity contribution in [1.82, 2.24) is 14.2 Å². The molecule has 2 aromatic carbocycles. The molecule has 1 aliphatic heterocycles. The van der Waals surface area contributed by atoms with Gasteiger partial charge in [0, 0.05) is 59.5 Å². The third kappa shape index (κ3) is 5.85. The van der Waals surface area contributed by atoms with Crippen LogP contribution in [0.4, 0.5) is 13.2 Å². The highest BCUT2D eigenvalue weighted by molar-refractivity contribution is 7.97. The van der Waals surface area contributed by atoms with Crippen LogP contribution in [0.25, 0.3) is 10.9 Å². The number of benzene rings is 2. The first-order valence-electron chi connectivity index (χ1n) is 13.3. The van der Waals surface area contributed by atoms with Crippen LogP contribution in [0.2, 0.25) is 0 Å². The standard InChI is InChI=1S/C29H32F3N3OS/c30-29(31,32)23-4-1-19(2-5-23)15-25-17-22-16-21(3-10-27(22)35(25)24-6-7-24)28(36)33-18-20-11-13-34(14-12-20)37-26-8-9-26/h1-5,10,16-17,20,24,26H,6-9,11-15,18H2,(H,33,36). The summed E-state index contributed by atoms with van der Waals surface area (Å²) in [4.78, 5) is 13.0. The van der Waals surface area contributed by atoms with Gasteiger partial charge in [-0.3, -0.25) is 9.10 Å². The summed E-state index contributed by atoms with van der Waals surface area (Å²) < 4.78 is 43.6. The number of amides is 1. The quantitative estimate of drug-likeness (QED) is 0.326. The zero-order valence-electron chi connectivity index (χ0n) is 20.8. The van der Waals surface area contributed by atoms with E-state index in [-0.39, 0.29) is 5.91 Å². The monoisotopic (exact) mass is 527 g/mol. The van der Waals surface area contributed by atoms with E-state index in [0.29, 0.717) is 30.5 Å². The summed E-state index contributed by atoms with van der Waals surface area (Å²) in [5.41, 5.74) is 3.03. The van der Waals surface area contributed by atoms with Crippen LogP contribution in [0.15, 0.2) is 48.5 Å². The highest BCUT2D eigenvalue weighted by Gasteiger charge is 2.31. The maximum Gasteiger partial charge on any atom is 0.416 e. The molecule has 0 radical (unpaired) electrons. The van der Waals surface area contributed by atoms with Gasteiger partial charge in [0.25, 0.3) is 5.91 Å². The van der Waals surface area contributed by atoms with Crippen LogP contribution in [-0.2, 0) is 12.6 Å². The zero-order valence-corrected chi connectivity index (χ0v) is 21.6. The molecule has 1 amide bonds. The van der Waals surface area contributed by atoms with Crippen LogP contribution >= 0.6 is 11.9 Å². The lowest BCUT2D eigenvalue weighted by atomic mass is 9.98. The van der Waals surface area contributed by atoms with E-state index in [4.69, 9.17) is 0 Å². The molecule has 3 aromatic rings. The van der Waals surface area contributed by atoms with Crippen LogP contribution < -0.4 is 5.32 Å². The fourth-order valence-electron chi connectivity index (χ4n) is 5.30. The molecule has 3 fully saturated rings. The minimum absolute atomic E-state index is 0.0415. The normalized spacial score (nSPS) is 19.4. The number of nitrogens with one attached hydrogen (secondary N) is 1. The molecule has 196 valence electrons. The number of carbonyl (C=O) groups is 1. The lowest BCUT2D eigenvalue weighted by Gasteiger charge is -2.31. The Morgan fingerprint density at radius 1 is 0.946 bits per heavy atom. The van der Waals surface area contributed by atoms with E-state index in [9.17, 15) is 18.0 Å². The van der Waals surface area contributed by atoms with Gasteiger partial charge in [0.05, 0.1) is 5.56 Å². The number of fused-ring (bicyclic) bond motifs is 1. The Hall–Kier alpha value is -2.45. The molecule has 0 bridgehead atoms. The van der Waals surface area contributed by atoms with E-state index in [1.165, 1.54) is 12.8 Å². The molecule has 2 saturated carbocycles. The van der Waals surface area contributed by atoms with Gasteiger partial charge in [0.2, 0.25) is 0 Å². The van der Waals surface area contributed by atoms with Crippen molar-refractivity contribution in [2.45, 2.75) is 62.4 Å². The summed E-state index contributed by atoms with van der Waals surface area (Å²) in [6.45, 7) is 2.91. The van der Waals surface area contributed by atoms with Crippen LogP contribution in [0.3, 0.4) is 0 Å². The van der Waals surface area contributed by atoms with Gasteiger partial charge in [-0.25, -0.2) is 0 Å². The topological polar surface area (TPSA) is 37.3 Å². The van der Waals surface area contributed by atoms with Crippen LogP contribution in [0.5, 0.6) is 0 Å². The van der Waals surface area contributed by atoms with Gasteiger partial charge in [-0.1, -0.05) is 24.1 Å². The molecule has 8 heteroatoms. The number of nitrogens with zero attached hydrogens (tertiary/aromatic N) is 2. The highest BCUT2D eigenvalue weighted by atomic mass is 32.2. The SMILES string of the molecule is O=C(NCC1CCN(SC2CC2)CC1)c1ccc2c(c1)cc(Cc1ccc(C(F)(F)F)cc1)n2C1CC1. The van der Waals surface area contributed by atoms with Gasteiger partial charge in [-0.05, 0) is 86.4 Å². The van der Waals surface area contributed by atoms with Crippen molar-refractivity contribution >= 4 is 28.8 Å². The maximum atomic E-state index is 13.0. The van der Waals surface area contributed by atoms with E-state index in [2.05, 4.69) is 20.3 Å². The van der Waals surface area contributed by atoms with E-state index < -0.39 is 11.7 Å². The molecular formula is C29H32F3N3OS. The maximum absolute atomic E-state index is 13.0. The van der Waals surface area contributed by atoms with Crippen molar-refractivity contribution in [1.29, 1.82) is 0 Å². The smallest absolute Gasteiger partial charge is 0.352 e. The zero-order chi connectivity index (χ0) is 25.6. The van der Waals surface area contributed by atoms with Gasteiger partial charge in [-0.2, -0.15) is 13.2 Å². The van der Waals surface area contributed by atoms with Crippen molar-refractivity contribution in [2.24, 2.45) is 5.92 Å². The lowest BCUT2D eigenvalue weighted by molar-refractivity contribution is -0.137. The fraction of sp³-hybridized carbons (Fsp3) is 0.483. The molecule has 0 atom stereocenters. The van der Waals surface area contributed by atoms with Crippen molar-refractivity contribution in [3.8, 4) is 0 Å². The van der Waals surface area contributed by atoms with Gasteiger partial charge in [0.1, 0.15) is 0 Å². The van der Waals surface area contributed by atoms with Crippen LogP contribution in [0.1, 0.15) is 71.7 Å². The molecule has 1 aromatic heterocycles. The second-order valence-corrected chi connectivity index (χ2v) is 12.2. The van der Waals surface area contributed by atoms with Crippen LogP contribution in [-0.4, -0.2) is 39.7 Å². The third-order valence-electron chi connectivity index (χ3n) is 7.71. The molecule has 3 aliphatic rings. The predicted octanol–water partition coefficient (Wildman–Crippen LogP) is 6.84. The van der Waals surface area contributed by atoms with Gasteiger partial charge in [-0.15, -0.1) is 0 Å². The number of hydrogen-bond donors (Lipinski definition) is 1. The molecule has 6 rings (SSSR count). The largest absolute Gasteiger partial charge is 0.416 e. The van der Waals surface area contributed by atoms with E-state index in [1.807, 2.05) is 30.1 Å². The van der Waals surface area contributed by atoms with Crippen molar-refractivity contribution in [2.75, 3.05) is 19.6 Å². The molecule has 2 aliphatic carbocycles. The molecule has 1 saturated heterocycles. The van der Waals surface area contributed by atoms with Gasteiger partial charge < -0.3 is 9.88 Å². The predicted molar refractivity (Wildman–Crippen MR) is 142 cm³/mol. The molecule has 4 nitrogen and oxygen atoms in total. The second-order valence-electron chi connectivity index (χ2n) is 10.8. The summed E-state index contributed by atoms with van der Waals surface area (Å²) in [7, 11) is 0. The molecule has 2 heterocycles. The van der Waals surface area contributed by atoms with Gasteiger partial charge in [0.15, 0.2) is 0 Å². The molecular weight excluding hydrogens is 495 g/mol. The van der Waals surface area contributed by atoms with E-state index in [0.717, 1.165) is 78.3 Å². The Morgan fingerprint density at radius 3 is 2.32 bits per heavy atom. The number of carbonyl (C=O) groups excluding carboxylic acids is 1. The Bertz CT molecular complexity index is 1270. The summed E-state index contributed by atoms with van der Waals surface area (Å²) >= 11 is 2.02. The first kappa shape index (κ1) is 24.9. The minimum Gasteiger partial charge on any atom is -0.352 e. The van der Waals surface area contributed by atoms with E-state index >= 15 is 0 Å². The summed E-state index contributed by atoms with van der Waals surface area (Å²) in [5, 5.41) is 5.00. The Labute approximate surface area is 219 Å². The number of halogens is 3.